The Morgan fingerprint density at radius 1 is 1.50 bits per heavy atom. The number of rotatable bonds is 4. The van der Waals surface area contributed by atoms with E-state index in [-0.39, 0.29) is 5.97 Å². The maximum absolute atomic E-state index is 11.6. The molecule has 2 aromatic heterocycles. The number of ether oxygens (including phenoxy) is 1. The molecule has 2 aromatic rings. The Morgan fingerprint density at radius 2 is 2.38 bits per heavy atom. The summed E-state index contributed by atoms with van der Waals surface area (Å²) in [5.41, 5.74) is 1.57. The Labute approximate surface area is 93.4 Å². The fourth-order valence-electron chi connectivity index (χ4n) is 1.52. The van der Waals surface area contributed by atoms with E-state index >= 15 is 0 Å². The Morgan fingerprint density at radius 3 is 3.06 bits per heavy atom. The zero-order valence-corrected chi connectivity index (χ0v) is 9.05. The second kappa shape index (κ2) is 4.70. The standard InChI is InChI=1S/C12H13NO3/c1-2-16-12(14)11-4-3-6-13(11)8-10-5-7-15-9-10/h3-7,9H,2,8H2,1H3. The number of aromatic nitrogens is 1. The van der Waals surface area contributed by atoms with E-state index in [4.69, 9.17) is 9.15 Å². The fourth-order valence-corrected chi connectivity index (χ4v) is 1.52. The number of hydrogen-bond donors (Lipinski definition) is 0. The van der Waals surface area contributed by atoms with Gasteiger partial charge in [-0.05, 0) is 25.1 Å². The topological polar surface area (TPSA) is 44.4 Å². The second-order valence-corrected chi connectivity index (χ2v) is 3.37. The van der Waals surface area contributed by atoms with E-state index in [0.29, 0.717) is 18.8 Å². The van der Waals surface area contributed by atoms with E-state index in [1.807, 2.05) is 22.9 Å². The molecule has 0 amide bonds. The first-order valence-corrected chi connectivity index (χ1v) is 5.14. The van der Waals surface area contributed by atoms with Crippen molar-refractivity contribution in [2.24, 2.45) is 0 Å². The Bertz CT molecular complexity index is 456. The third-order valence-electron chi connectivity index (χ3n) is 2.25. The molecule has 0 bridgehead atoms. The predicted molar refractivity (Wildman–Crippen MR) is 58.2 cm³/mol. The second-order valence-electron chi connectivity index (χ2n) is 3.37. The Kier molecular flexibility index (Phi) is 3.10. The van der Waals surface area contributed by atoms with Gasteiger partial charge in [-0.1, -0.05) is 0 Å². The van der Waals surface area contributed by atoms with Gasteiger partial charge in [0.05, 0.1) is 25.7 Å². The quantitative estimate of drug-likeness (QED) is 0.741. The third-order valence-corrected chi connectivity index (χ3v) is 2.25. The Hall–Kier alpha value is -1.97. The highest BCUT2D eigenvalue weighted by atomic mass is 16.5. The number of carbonyl (C=O) groups excluding carboxylic acids is 1. The first-order chi connectivity index (χ1) is 7.81. The van der Waals surface area contributed by atoms with Gasteiger partial charge in [-0.3, -0.25) is 0 Å². The van der Waals surface area contributed by atoms with E-state index in [0.717, 1.165) is 5.56 Å². The zero-order chi connectivity index (χ0) is 11.4. The summed E-state index contributed by atoms with van der Waals surface area (Å²) in [6.07, 6.45) is 5.12. The molecule has 0 radical (unpaired) electrons. The highest BCUT2D eigenvalue weighted by Crippen LogP contribution is 2.09. The van der Waals surface area contributed by atoms with Gasteiger partial charge in [0.25, 0.3) is 0 Å². The van der Waals surface area contributed by atoms with Crippen LogP contribution in [0.15, 0.2) is 41.3 Å². The lowest BCUT2D eigenvalue weighted by Crippen LogP contribution is -2.12. The molecule has 2 heterocycles. The molecule has 2 rings (SSSR count). The summed E-state index contributed by atoms with van der Waals surface area (Å²) in [4.78, 5) is 11.6. The molecule has 84 valence electrons. The van der Waals surface area contributed by atoms with E-state index in [1.54, 1.807) is 25.5 Å². The summed E-state index contributed by atoms with van der Waals surface area (Å²) < 4.78 is 11.8. The molecule has 4 nitrogen and oxygen atoms in total. The lowest BCUT2D eigenvalue weighted by Gasteiger charge is -2.06. The molecular formula is C12H13NO3. The van der Waals surface area contributed by atoms with Gasteiger partial charge < -0.3 is 13.7 Å². The molecule has 0 aliphatic heterocycles. The molecule has 0 aromatic carbocycles. The van der Waals surface area contributed by atoms with E-state index in [2.05, 4.69) is 0 Å². The van der Waals surface area contributed by atoms with Gasteiger partial charge >= 0.3 is 5.97 Å². The van der Waals surface area contributed by atoms with Crippen LogP contribution in [-0.4, -0.2) is 17.1 Å². The third kappa shape index (κ3) is 2.16. The van der Waals surface area contributed by atoms with Crippen molar-refractivity contribution in [3.05, 3.63) is 48.2 Å². The lowest BCUT2D eigenvalue weighted by atomic mass is 10.3. The summed E-state index contributed by atoms with van der Waals surface area (Å²) >= 11 is 0. The summed E-state index contributed by atoms with van der Waals surface area (Å²) in [5.74, 6) is -0.295. The minimum atomic E-state index is -0.295. The van der Waals surface area contributed by atoms with Crippen LogP contribution in [0.4, 0.5) is 0 Å². The molecule has 0 aliphatic carbocycles. The molecule has 0 unspecified atom stereocenters. The summed E-state index contributed by atoms with van der Waals surface area (Å²) in [7, 11) is 0. The molecule has 0 saturated carbocycles. The van der Waals surface area contributed by atoms with Crippen LogP contribution in [0.2, 0.25) is 0 Å². The molecule has 0 spiro atoms. The largest absolute Gasteiger partial charge is 0.472 e. The highest BCUT2D eigenvalue weighted by Gasteiger charge is 2.11. The van der Waals surface area contributed by atoms with Gasteiger partial charge in [0.1, 0.15) is 5.69 Å². The van der Waals surface area contributed by atoms with Crippen molar-refractivity contribution in [1.82, 2.24) is 4.57 Å². The van der Waals surface area contributed by atoms with Crippen LogP contribution in [0.25, 0.3) is 0 Å². The van der Waals surface area contributed by atoms with Gasteiger partial charge in [0, 0.05) is 11.8 Å². The molecular weight excluding hydrogens is 206 g/mol. The van der Waals surface area contributed by atoms with Crippen LogP contribution in [-0.2, 0) is 11.3 Å². The predicted octanol–water partition coefficient (Wildman–Crippen LogP) is 2.31. The van der Waals surface area contributed by atoms with Crippen LogP contribution < -0.4 is 0 Å². The van der Waals surface area contributed by atoms with Crippen molar-refractivity contribution in [1.29, 1.82) is 0 Å². The smallest absolute Gasteiger partial charge is 0.354 e. The average molecular weight is 219 g/mol. The van der Waals surface area contributed by atoms with Crippen LogP contribution in [0, 0.1) is 0 Å². The molecule has 0 aliphatic rings. The van der Waals surface area contributed by atoms with Gasteiger partial charge in [-0.15, -0.1) is 0 Å². The molecule has 0 fully saturated rings. The minimum absolute atomic E-state index is 0.295. The van der Waals surface area contributed by atoms with Crippen LogP contribution in [0.3, 0.4) is 0 Å². The van der Waals surface area contributed by atoms with E-state index in [9.17, 15) is 4.79 Å². The van der Waals surface area contributed by atoms with Crippen molar-refractivity contribution in [3.63, 3.8) is 0 Å². The SMILES string of the molecule is CCOC(=O)c1cccn1Cc1ccoc1. The van der Waals surface area contributed by atoms with Crippen molar-refractivity contribution >= 4 is 5.97 Å². The van der Waals surface area contributed by atoms with Gasteiger partial charge in [-0.2, -0.15) is 0 Å². The van der Waals surface area contributed by atoms with Gasteiger partial charge in [-0.25, -0.2) is 4.79 Å². The monoisotopic (exact) mass is 219 g/mol. The van der Waals surface area contributed by atoms with Crippen molar-refractivity contribution in [2.45, 2.75) is 13.5 Å². The molecule has 4 heteroatoms. The molecule has 0 atom stereocenters. The minimum Gasteiger partial charge on any atom is -0.472 e. The maximum atomic E-state index is 11.6. The number of carbonyl (C=O) groups is 1. The first kappa shape index (κ1) is 10.5. The molecule has 16 heavy (non-hydrogen) atoms. The lowest BCUT2D eigenvalue weighted by molar-refractivity contribution is 0.0514. The van der Waals surface area contributed by atoms with E-state index < -0.39 is 0 Å². The Balaban J connectivity index is 2.16. The van der Waals surface area contributed by atoms with Crippen molar-refractivity contribution in [2.75, 3.05) is 6.61 Å². The van der Waals surface area contributed by atoms with Crippen molar-refractivity contribution < 1.29 is 13.9 Å². The summed E-state index contributed by atoms with van der Waals surface area (Å²) in [5, 5.41) is 0. The summed E-state index contributed by atoms with van der Waals surface area (Å²) in [6.45, 7) is 2.79. The number of hydrogen-bond acceptors (Lipinski definition) is 3. The zero-order valence-electron chi connectivity index (χ0n) is 9.05. The average Bonchev–Trinajstić information content (AvgIpc) is 2.90. The van der Waals surface area contributed by atoms with Gasteiger partial charge in [0.15, 0.2) is 0 Å². The van der Waals surface area contributed by atoms with Crippen LogP contribution >= 0.6 is 0 Å². The fraction of sp³-hybridized carbons (Fsp3) is 0.250. The number of nitrogens with zero attached hydrogens (tertiary/aromatic N) is 1. The van der Waals surface area contributed by atoms with Crippen LogP contribution in [0.1, 0.15) is 23.0 Å². The van der Waals surface area contributed by atoms with Crippen LogP contribution in [0.5, 0.6) is 0 Å². The number of furan rings is 1. The van der Waals surface area contributed by atoms with E-state index in [1.165, 1.54) is 0 Å². The maximum Gasteiger partial charge on any atom is 0.354 e. The number of esters is 1. The highest BCUT2D eigenvalue weighted by molar-refractivity contribution is 5.87. The normalized spacial score (nSPS) is 10.3. The molecule has 0 N–H and O–H groups in total. The van der Waals surface area contributed by atoms with Crippen molar-refractivity contribution in [3.8, 4) is 0 Å². The first-order valence-electron chi connectivity index (χ1n) is 5.14. The summed E-state index contributed by atoms with van der Waals surface area (Å²) in [6, 6.07) is 5.44. The van der Waals surface area contributed by atoms with Gasteiger partial charge in [0.2, 0.25) is 0 Å². The molecule has 0 saturated heterocycles.